The zero-order chi connectivity index (χ0) is 29.5. The highest BCUT2D eigenvalue weighted by molar-refractivity contribution is 8.24. The van der Waals surface area contributed by atoms with Crippen molar-refractivity contribution in [3.8, 4) is 29.0 Å². The number of rotatable bonds is 6. The predicted molar refractivity (Wildman–Crippen MR) is 164 cm³/mol. The molecule has 0 radical (unpaired) electrons. The van der Waals surface area contributed by atoms with E-state index in [1.165, 1.54) is 0 Å². The summed E-state index contributed by atoms with van der Waals surface area (Å²) in [5.41, 5.74) is 3.91. The van der Waals surface area contributed by atoms with Gasteiger partial charge in [-0.25, -0.2) is 4.68 Å². The maximum atomic E-state index is 13.5. The number of hydrogen-bond acceptors (Lipinski definition) is 7. The van der Waals surface area contributed by atoms with Crippen LogP contribution in [0.1, 0.15) is 55.7 Å². The Bertz CT molecular complexity index is 1580. The number of nitriles is 2. The highest BCUT2D eigenvalue weighted by atomic mass is 35.5. The van der Waals surface area contributed by atoms with Crippen molar-refractivity contribution < 1.29 is 13.9 Å². The lowest BCUT2D eigenvalue weighted by atomic mass is 9.75. The molecule has 3 N–H and O–H groups in total. The summed E-state index contributed by atoms with van der Waals surface area (Å²) in [6, 6.07) is 17.8. The van der Waals surface area contributed by atoms with Gasteiger partial charge in [-0.3, -0.25) is 13.9 Å². The van der Waals surface area contributed by atoms with Gasteiger partial charge in [-0.2, -0.15) is 26.2 Å². The highest BCUT2D eigenvalue weighted by Gasteiger charge is 2.47. The van der Waals surface area contributed by atoms with E-state index in [2.05, 4.69) is 22.4 Å². The molecule has 1 saturated heterocycles. The van der Waals surface area contributed by atoms with Crippen molar-refractivity contribution in [3.63, 3.8) is 0 Å². The molecule has 2 heterocycles. The summed E-state index contributed by atoms with van der Waals surface area (Å²) in [6.07, 6.45) is 6.72. The zero-order valence-corrected chi connectivity index (χ0v) is 24.7. The number of aromatic nitrogens is 2. The first-order valence-corrected chi connectivity index (χ1v) is 16.6. The van der Waals surface area contributed by atoms with Gasteiger partial charge in [0.1, 0.15) is 11.6 Å². The van der Waals surface area contributed by atoms with Crippen LogP contribution in [0.2, 0.25) is 5.02 Å². The van der Waals surface area contributed by atoms with Gasteiger partial charge in [0, 0.05) is 47.4 Å². The van der Waals surface area contributed by atoms with E-state index in [0.717, 1.165) is 48.2 Å². The maximum absolute atomic E-state index is 13.5. The van der Waals surface area contributed by atoms with E-state index in [4.69, 9.17) is 16.7 Å². The second-order valence-electron chi connectivity index (χ2n) is 11.6. The predicted octanol–water partition coefficient (Wildman–Crippen LogP) is 6.08. The van der Waals surface area contributed by atoms with Crippen LogP contribution in [0.15, 0.2) is 48.7 Å². The van der Waals surface area contributed by atoms with Gasteiger partial charge in [0.05, 0.1) is 34.5 Å². The molecule has 9 nitrogen and oxygen atoms in total. The SMILES string of the molecule is N#Cc1cc(Cl)ccc1-n1cc(-c2ccc(N3CCS(O)(O)CC3)cc2)c([C@@H]2CCCC[C@H]2C(=O)NC2(C#N)CC2)n1. The molecule has 11 heteroatoms. The number of carbonyl (C=O) groups is 1. The largest absolute Gasteiger partial charge is 0.368 e. The molecule has 0 spiro atoms. The Balaban J connectivity index is 1.38. The van der Waals surface area contributed by atoms with Crippen molar-refractivity contribution >= 4 is 33.8 Å². The Morgan fingerprint density at radius 2 is 1.79 bits per heavy atom. The lowest BCUT2D eigenvalue weighted by Gasteiger charge is -2.41. The lowest BCUT2D eigenvalue weighted by Crippen LogP contribution is -2.42. The number of nitrogens with one attached hydrogen (secondary N) is 1. The summed E-state index contributed by atoms with van der Waals surface area (Å²) in [4.78, 5) is 15.7. The van der Waals surface area contributed by atoms with E-state index in [1.54, 1.807) is 22.9 Å². The molecule has 6 rings (SSSR count). The molecule has 3 aliphatic rings. The summed E-state index contributed by atoms with van der Waals surface area (Å²) in [6.45, 7) is 1.17. The third-order valence-corrected chi connectivity index (χ3v) is 10.7. The Hall–Kier alpha value is -3.54. The number of carbonyl (C=O) groups excluding carboxylic acids is 1. The Morgan fingerprint density at radius 3 is 2.45 bits per heavy atom. The molecule has 3 aromatic rings. The first-order valence-electron chi connectivity index (χ1n) is 14.3. The number of halogens is 1. The average molecular weight is 605 g/mol. The Kier molecular flexibility index (Phi) is 7.67. The summed E-state index contributed by atoms with van der Waals surface area (Å²) in [5, 5.41) is 27.9. The molecular weight excluding hydrogens is 572 g/mol. The molecule has 2 atom stereocenters. The molecule has 1 aliphatic heterocycles. The standard InChI is InChI=1S/C31H33ClN6O3S/c32-23-7-10-28(22(17-23)18-33)38-19-27(21-5-8-24(9-6-21)37-13-15-42(40,41)16-14-37)29(36-38)25-3-1-2-4-26(25)30(39)35-31(20-34)11-12-31/h5-10,17,19,25-26,40-41H,1-4,11-16H2,(H,35,39)/t25-,26-/m1/s1. The molecule has 3 fully saturated rings. The van der Waals surface area contributed by atoms with E-state index in [9.17, 15) is 24.4 Å². The minimum Gasteiger partial charge on any atom is -0.368 e. The minimum absolute atomic E-state index is 0.0881. The maximum Gasteiger partial charge on any atom is 0.225 e. The Morgan fingerprint density at radius 1 is 1.07 bits per heavy atom. The van der Waals surface area contributed by atoms with Crippen LogP contribution in [-0.2, 0) is 4.79 Å². The molecule has 2 saturated carbocycles. The van der Waals surface area contributed by atoms with E-state index in [0.29, 0.717) is 53.7 Å². The van der Waals surface area contributed by atoms with Gasteiger partial charge in [0.2, 0.25) is 5.91 Å². The molecule has 1 amide bonds. The fraction of sp³-hybridized carbons (Fsp3) is 0.419. The third-order valence-electron chi connectivity index (χ3n) is 8.77. The van der Waals surface area contributed by atoms with Crippen molar-refractivity contribution in [2.45, 2.75) is 50.0 Å². The first-order chi connectivity index (χ1) is 20.2. The van der Waals surface area contributed by atoms with E-state index in [1.807, 2.05) is 30.5 Å². The van der Waals surface area contributed by atoms with E-state index < -0.39 is 16.1 Å². The van der Waals surface area contributed by atoms with Crippen LogP contribution in [0.5, 0.6) is 0 Å². The van der Waals surface area contributed by atoms with Gasteiger partial charge in [-0.05, 0) is 61.6 Å². The summed E-state index contributed by atoms with van der Waals surface area (Å²) < 4.78 is 21.7. The van der Waals surface area contributed by atoms with Crippen molar-refractivity contribution in [2.24, 2.45) is 5.92 Å². The molecule has 2 aromatic carbocycles. The van der Waals surface area contributed by atoms with E-state index >= 15 is 0 Å². The van der Waals surface area contributed by atoms with Crippen LogP contribution >= 0.6 is 22.2 Å². The highest BCUT2D eigenvalue weighted by Crippen LogP contribution is 2.44. The normalized spacial score (nSPS) is 23.3. The second kappa shape index (κ2) is 11.3. The Labute approximate surface area is 252 Å². The van der Waals surface area contributed by atoms with Gasteiger partial charge in [0.25, 0.3) is 0 Å². The van der Waals surface area contributed by atoms with Crippen molar-refractivity contribution in [1.82, 2.24) is 15.1 Å². The van der Waals surface area contributed by atoms with E-state index in [-0.39, 0.29) is 17.7 Å². The monoisotopic (exact) mass is 604 g/mol. The molecule has 218 valence electrons. The molecule has 0 unspecified atom stereocenters. The molecule has 42 heavy (non-hydrogen) atoms. The molecule has 2 aliphatic carbocycles. The third kappa shape index (κ3) is 5.73. The van der Waals surface area contributed by atoms with Gasteiger partial charge in [-0.15, -0.1) is 0 Å². The minimum atomic E-state index is -2.48. The lowest BCUT2D eigenvalue weighted by molar-refractivity contribution is -0.127. The van der Waals surface area contributed by atoms with Crippen LogP contribution in [0.4, 0.5) is 5.69 Å². The fourth-order valence-corrected chi connectivity index (χ4v) is 7.53. The van der Waals surface area contributed by atoms with Crippen LogP contribution in [0, 0.1) is 28.6 Å². The number of anilines is 1. The smallest absolute Gasteiger partial charge is 0.225 e. The fourth-order valence-electron chi connectivity index (χ4n) is 6.13. The first kappa shape index (κ1) is 28.6. The van der Waals surface area contributed by atoms with Gasteiger partial charge in [0.15, 0.2) is 0 Å². The zero-order valence-electron chi connectivity index (χ0n) is 23.2. The van der Waals surface area contributed by atoms with Crippen molar-refractivity contribution in [1.29, 1.82) is 10.5 Å². The van der Waals surface area contributed by atoms with Gasteiger partial charge < -0.3 is 10.2 Å². The van der Waals surface area contributed by atoms with Crippen LogP contribution in [-0.4, -0.2) is 54.9 Å². The van der Waals surface area contributed by atoms with Crippen LogP contribution in [0.25, 0.3) is 16.8 Å². The van der Waals surface area contributed by atoms with Crippen molar-refractivity contribution in [2.75, 3.05) is 29.5 Å². The van der Waals surface area contributed by atoms with Crippen molar-refractivity contribution in [3.05, 3.63) is 64.9 Å². The molecular formula is C31H33ClN6O3S. The summed E-state index contributed by atoms with van der Waals surface area (Å²) in [7, 11) is -2.48. The number of nitrogens with zero attached hydrogens (tertiary/aromatic N) is 5. The van der Waals surface area contributed by atoms with Crippen LogP contribution in [0.3, 0.4) is 0 Å². The van der Waals surface area contributed by atoms with Crippen LogP contribution < -0.4 is 10.2 Å². The quantitative estimate of drug-likeness (QED) is 0.310. The number of hydrogen-bond donors (Lipinski definition) is 3. The molecule has 1 aromatic heterocycles. The summed E-state index contributed by atoms with van der Waals surface area (Å²) in [5.74, 6) is 0.196. The summed E-state index contributed by atoms with van der Waals surface area (Å²) >= 11 is 6.18. The van der Waals surface area contributed by atoms with Gasteiger partial charge in [-0.1, -0.05) is 36.6 Å². The molecule has 0 bridgehead atoms. The van der Waals surface area contributed by atoms with Gasteiger partial charge >= 0.3 is 0 Å². The number of amides is 1. The average Bonchev–Trinajstić information content (AvgIpc) is 3.64. The number of benzene rings is 2. The topological polar surface area (TPSA) is 138 Å². The second-order valence-corrected chi connectivity index (χ2v) is 14.4.